The average molecular weight is 424 g/mol. The predicted octanol–water partition coefficient (Wildman–Crippen LogP) is 4.53. The first-order valence-corrected chi connectivity index (χ1v) is 10.7. The summed E-state index contributed by atoms with van der Waals surface area (Å²) in [5, 5.41) is 11.5. The lowest BCUT2D eigenvalue weighted by molar-refractivity contribution is 0.183. The summed E-state index contributed by atoms with van der Waals surface area (Å²) < 4.78 is 1.70. The highest BCUT2D eigenvalue weighted by Gasteiger charge is 2.30. The lowest BCUT2D eigenvalue weighted by Crippen LogP contribution is -2.38. The topological polar surface area (TPSA) is 58.4 Å². The van der Waals surface area contributed by atoms with Crippen LogP contribution in [0.3, 0.4) is 0 Å². The van der Waals surface area contributed by atoms with Crippen LogP contribution in [0.4, 0.5) is 0 Å². The Balaban J connectivity index is 1.84. The number of hydrogen-bond acceptors (Lipinski definition) is 4. The van der Waals surface area contributed by atoms with E-state index in [1.807, 2.05) is 49.4 Å². The minimum atomic E-state index is -0.314. The largest absolute Gasteiger partial charge is 0.507 e. The quantitative estimate of drug-likeness (QED) is 0.654. The van der Waals surface area contributed by atoms with Crippen molar-refractivity contribution >= 4 is 11.6 Å². The Kier molecular flexibility index (Phi) is 6.21. The van der Waals surface area contributed by atoms with Crippen LogP contribution in [0, 0.1) is 6.92 Å². The Bertz CT molecular complexity index is 1060. The van der Waals surface area contributed by atoms with E-state index in [1.165, 1.54) is 6.42 Å². The maximum Gasteiger partial charge on any atom is 0.260 e. The van der Waals surface area contributed by atoms with Crippen LogP contribution in [0.15, 0.2) is 59.5 Å². The maximum atomic E-state index is 13.7. The van der Waals surface area contributed by atoms with Crippen molar-refractivity contribution in [1.82, 2.24) is 14.5 Å². The standard InChI is InChI=1S/C24H26ClN3O2/c1-17-15-21(29)22(24(30)28(17)16-20-7-3-4-12-26-20)23(27-13-5-2-6-14-27)18-8-10-19(25)11-9-18/h3-4,7-12,15,23,29H,2,5-6,13-14,16H2,1H3/t23-/m1/s1. The van der Waals surface area contributed by atoms with Gasteiger partial charge in [0.2, 0.25) is 0 Å². The number of benzene rings is 1. The van der Waals surface area contributed by atoms with Gasteiger partial charge in [-0.2, -0.15) is 0 Å². The molecule has 1 fully saturated rings. The second kappa shape index (κ2) is 9.02. The molecule has 1 aliphatic heterocycles. The monoisotopic (exact) mass is 423 g/mol. The van der Waals surface area contributed by atoms with Crippen molar-refractivity contribution in [1.29, 1.82) is 0 Å². The highest BCUT2D eigenvalue weighted by molar-refractivity contribution is 6.30. The van der Waals surface area contributed by atoms with Crippen LogP contribution in [0.1, 0.15) is 47.8 Å². The molecule has 4 rings (SSSR count). The van der Waals surface area contributed by atoms with Crippen molar-refractivity contribution in [2.24, 2.45) is 0 Å². The molecule has 1 aromatic carbocycles. The van der Waals surface area contributed by atoms with Gasteiger partial charge in [0.25, 0.3) is 5.56 Å². The molecule has 0 saturated carbocycles. The molecule has 156 valence electrons. The first kappa shape index (κ1) is 20.6. The molecule has 3 heterocycles. The van der Waals surface area contributed by atoms with E-state index in [1.54, 1.807) is 16.8 Å². The van der Waals surface area contributed by atoms with Crippen LogP contribution >= 0.6 is 11.6 Å². The molecule has 1 atom stereocenters. The van der Waals surface area contributed by atoms with Gasteiger partial charge in [-0.3, -0.25) is 14.7 Å². The van der Waals surface area contributed by atoms with Gasteiger partial charge in [0.05, 0.1) is 23.8 Å². The summed E-state index contributed by atoms with van der Waals surface area (Å²) in [6, 6.07) is 14.6. The van der Waals surface area contributed by atoms with Crippen LogP contribution in [0.2, 0.25) is 5.02 Å². The van der Waals surface area contributed by atoms with Crippen LogP contribution < -0.4 is 5.56 Å². The number of pyridine rings is 2. The number of rotatable bonds is 5. The van der Waals surface area contributed by atoms with Gasteiger partial charge in [-0.15, -0.1) is 0 Å². The summed E-state index contributed by atoms with van der Waals surface area (Å²) in [5.74, 6) is 0.0419. The summed E-state index contributed by atoms with van der Waals surface area (Å²) in [6.45, 7) is 3.98. The van der Waals surface area contributed by atoms with Gasteiger partial charge < -0.3 is 9.67 Å². The lowest BCUT2D eigenvalue weighted by Gasteiger charge is -2.35. The molecule has 0 bridgehead atoms. The zero-order valence-electron chi connectivity index (χ0n) is 17.1. The Labute approximate surface area is 181 Å². The maximum absolute atomic E-state index is 13.7. The van der Waals surface area contributed by atoms with Gasteiger partial charge in [0, 0.05) is 16.9 Å². The molecule has 2 aromatic heterocycles. The molecule has 0 amide bonds. The van der Waals surface area contributed by atoms with Gasteiger partial charge in [0.15, 0.2) is 0 Å². The van der Waals surface area contributed by atoms with Crippen LogP contribution in [-0.2, 0) is 6.54 Å². The van der Waals surface area contributed by atoms with Crippen molar-refractivity contribution in [2.75, 3.05) is 13.1 Å². The minimum absolute atomic E-state index is 0.0419. The van der Waals surface area contributed by atoms with E-state index in [2.05, 4.69) is 9.88 Å². The van der Waals surface area contributed by atoms with Crippen molar-refractivity contribution < 1.29 is 5.11 Å². The number of halogens is 1. The SMILES string of the molecule is Cc1cc(O)c([C@@H](c2ccc(Cl)cc2)N2CCCCC2)c(=O)n1Cc1ccccn1. The molecule has 0 aliphatic carbocycles. The molecule has 6 heteroatoms. The van der Waals surface area contributed by atoms with Gasteiger partial charge in [0.1, 0.15) is 5.75 Å². The van der Waals surface area contributed by atoms with Crippen molar-refractivity contribution in [3.05, 3.63) is 92.6 Å². The van der Waals surface area contributed by atoms with E-state index in [-0.39, 0.29) is 17.4 Å². The Morgan fingerprint density at radius 1 is 1.10 bits per heavy atom. The van der Waals surface area contributed by atoms with E-state index >= 15 is 0 Å². The van der Waals surface area contributed by atoms with Gasteiger partial charge in [-0.25, -0.2) is 0 Å². The van der Waals surface area contributed by atoms with E-state index in [4.69, 9.17) is 11.6 Å². The molecule has 5 nitrogen and oxygen atoms in total. The Morgan fingerprint density at radius 2 is 1.83 bits per heavy atom. The first-order chi connectivity index (χ1) is 14.5. The molecule has 1 saturated heterocycles. The number of aromatic hydroxyl groups is 1. The van der Waals surface area contributed by atoms with Crippen LogP contribution in [0.5, 0.6) is 5.75 Å². The number of aryl methyl sites for hydroxylation is 1. The van der Waals surface area contributed by atoms with E-state index < -0.39 is 0 Å². The number of piperidine rings is 1. The van der Waals surface area contributed by atoms with E-state index in [0.717, 1.165) is 37.2 Å². The molecule has 0 spiro atoms. The van der Waals surface area contributed by atoms with Gasteiger partial charge >= 0.3 is 0 Å². The molecular formula is C24H26ClN3O2. The summed E-state index contributed by atoms with van der Waals surface area (Å²) in [4.78, 5) is 20.3. The summed E-state index contributed by atoms with van der Waals surface area (Å²) >= 11 is 6.11. The van der Waals surface area contributed by atoms with E-state index in [9.17, 15) is 9.90 Å². The van der Waals surface area contributed by atoms with Crippen LogP contribution in [-0.4, -0.2) is 32.6 Å². The van der Waals surface area contributed by atoms with Crippen LogP contribution in [0.25, 0.3) is 0 Å². The third-order valence-electron chi connectivity index (χ3n) is 5.78. The number of nitrogens with zero attached hydrogens (tertiary/aromatic N) is 3. The smallest absolute Gasteiger partial charge is 0.260 e. The normalized spacial score (nSPS) is 15.8. The van der Waals surface area contributed by atoms with Crippen molar-refractivity contribution in [3.8, 4) is 5.75 Å². The summed E-state index contributed by atoms with van der Waals surface area (Å²) in [6.07, 6.45) is 5.08. The van der Waals surface area contributed by atoms with Crippen molar-refractivity contribution in [3.63, 3.8) is 0 Å². The fourth-order valence-electron chi connectivity index (χ4n) is 4.26. The molecule has 30 heavy (non-hydrogen) atoms. The average Bonchev–Trinajstić information content (AvgIpc) is 2.76. The third-order valence-corrected chi connectivity index (χ3v) is 6.04. The summed E-state index contributed by atoms with van der Waals surface area (Å²) in [5.41, 5.74) is 2.71. The zero-order chi connectivity index (χ0) is 21.1. The number of hydrogen-bond donors (Lipinski definition) is 1. The fourth-order valence-corrected chi connectivity index (χ4v) is 4.38. The molecule has 0 unspecified atom stereocenters. The second-order valence-electron chi connectivity index (χ2n) is 7.85. The molecule has 0 radical (unpaired) electrons. The Morgan fingerprint density at radius 3 is 2.50 bits per heavy atom. The zero-order valence-corrected chi connectivity index (χ0v) is 17.8. The molecule has 3 aromatic rings. The Hall–Kier alpha value is -2.63. The van der Waals surface area contributed by atoms with E-state index in [0.29, 0.717) is 22.8 Å². The molecule has 1 aliphatic rings. The van der Waals surface area contributed by atoms with Gasteiger partial charge in [-0.1, -0.05) is 36.2 Å². The van der Waals surface area contributed by atoms with Gasteiger partial charge in [-0.05, 0) is 68.8 Å². The minimum Gasteiger partial charge on any atom is -0.507 e. The highest BCUT2D eigenvalue weighted by Crippen LogP contribution is 2.34. The number of likely N-dealkylation sites (tertiary alicyclic amines) is 1. The predicted molar refractivity (Wildman–Crippen MR) is 119 cm³/mol. The molecular weight excluding hydrogens is 398 g/mol. The first-order valence-electron chi connectivity index (χ1n) is 10.4. The molecule has 1 N–H and O–H groups in total. The fraction of sp³-hybridized carbons (Fsp3) is 0.333. The third kappa shape index (κ3) is 4.27. The van der Waals surface area contributed by atoms with Crippen molar-refractivity contribution in [2.45, 2.75) is 38.8 Å². The second-order valence-corrected chi connectivity index (χ2v) is 8.28. The number of aromatic nitrogens is 2. The summed E-state index contributed by atoms with van der Waals surface area (Å²) in [7, 11) is 0. The highest BCUT2D eigenvalue weighted by atomic mass is 35.5. The lowest BCUT2D eigenvalue weighted by atomic mass is 9.94.